The lowest BCUT2D eigenvalue weighted by Gasteiger charge is -2.23. The molecule has 6 heteroatoms. The summed E-state index contributed by atoms with van der Waals surface area (Å²) in [5.74, 6) is -0.0545. The van der Waals surface area contributed by atoms with Crippen LogP contribution in [0.3, 0.4) is 0 Å². The van der Waals surface area contributed by atoms with Crippen LogP contribution in [0.4, 0.5) is 0 Å². The van der Waals surface area contributed by atoms with Gasteiger partial charge in [-0.25, -0.2) is 0 Å². The Morgan fingerprint density at radius 2 is 2.21 bits per heavy atom. The molecule has 3 rings (SSSR count). The second-order valence-corrected chi connectivity index (χ2v) is 4.47. The molecule has 2 aromatic rings. The molecule has 1 fully saturated rings. The highest BCUT2D eigenvalue weighted by molar-refractivity contribution is 5.78. The summed E-state index contributed by atoms with van der Waals surface area (Å²) >= 11 is 0. The Balaban J connectivity index is 1.74. The highest BCUT2D eigenvalue weighted by Crippen LogP contribution is 2.11. The van der Waals surface area contributed by atoms with Gasteiger partial charge >= 0.3 is 0 Å². The van der Waals surface area contributed by atoms with Crippen LogP contribution in [0.1, 0.15) is 5.56 Å². The summed E-state index contributed by atoms with van der Waals surface area (Å²) in [5.41, 5.74) is 2.02. The number of hydrogen-bond acceptors (Lipinski definition) is 4. The summed E-state index contributed by atoms with van der Waals surface area (Å²) in [6.07, 6.45) is 4.02. The number of rotatable bonds is 3. The number of nitrogens with one attached hydrogen (secondary N) is 1. The van der Waals surface area contributed by atoms with E-state index in [1.54, 1.807) is 17.2 Å². The van der Waals surface area contributed by atoms with Crippen molar-refractivity contribution in [3.8, 4) is 5.69 Å². The van der Waals surface area contributed by atoms with Gasteiger partial charge in [-0.05, 0) is 24.1 Å². The molecule has 1 aliphatic heterocycles. The first-order valence-electron chi connectivity index (χ1n) is 6.14. The van der Waals surface area contributed by atoms with Crippen LogP contribution in [-0.2, 0) is 16.0 Å². The third kappa shape index (κ3) is 2.79. The fraction of sp³-hybridized carbons (Fsp3) is 0.308. The molecule has 1 amide bonds. The summed E-state index contributed by atoms with van der Waals surface area (Å²) < 4.78 is 5.23. The number of carbonyl (C=O) groups is 1. The van der Waals surface area contributed by atoms with Gasteiger partial charge in [0.25, 0.3) is 0 Å². The van der Waals surface area contributed by atoms with Gasteiger partial charge in [-0.2, -0.15) is 15.0 Å². The average Bonchev–Trinajstić information content (AvgIpc) is 2.93. The van der Waals surface area contributed by atoms with E-state index < -0.39 is 0 Å². The summed E-state index contributed by atoms with van der Waals surface area (Å²) in [6, 6.07) is 7.97. The quantitative estimate of drug-likeness (QED) is 0.861. The van der Waals surface area contributed by atoms with E-state index in [4.69, 9.17) is 4.74 Å². The SMILES string of the molecule is O=C1COC[C@@H](Cc2cccc(-n3nccn3)c2)N1. The second kappa shape index (κ2) is 5.19. The average molecular weight is 258 g/mol. The highest BCUT2D eigenvalue weighted by atomic mass is 16.5. The molecule has 1 aromatic carbocycles. The number of carbonyl (C=O) groups excluding carboxylic acids is 1. The number of hydrogen-bond donors (Lipinski definition) is 1. The van der Waals surface area contributed by atoms with Crippen molar-refractivity contribution in [3.63, 3.8) is 0 Å². The minimum Gasteiger partial charge on any atom is -0.369 e. The van der Waals surface area contributed by atoms with Crippen molar-refractivity contribution >= 4 is 5.91 Å². The molecule has 1 aliphatic rings. The molecular formula is C13H14N4O2. The van der Waals surface area contributed by atoms with Gasteiger partial charge in [0.05, 0.1) is 30.7 Å². The molecule has 0 spiro atoms. The molecule has 0 aliphatic carbocycles. The highest BCUT2D eigenvalue weighted by Gasteiger charge is 2.18. The Kier molecular flexibility index (Phi) is 3.24. The van der Waals surface area contributed by atoms with Crippen LogP contribution in [-0.4, -0.2) is 40.2 Å². The molecule has 0 bridgehead atoms. The molecule has 1 saturated heterocycles. The van der Waals surface area contributed by atoms with E-state index in [2.05, 4.69) is 15.5 Å². The van der Waals surface area contributed by atoms with Gasteiger partial charge in [-0.1, -0.05) is 12.1 Å². The van der Waals surface area contributed by atoms with Crippen LogP contribution >= 0.6 is 0 Å². The Morgan fingerprint density at radius 1 is 1.37 bits per heavy atom. The summed E-state index contributed by atoms with van der Waals surface area (Å²) in [5, 5.41) is 11.1. The molecule has 1 N–H and O–H groups in total. The van der Waals surface area contributed by atoms with Crippen LogP contribution < -0.4 is 5.32 Å². The maximum Gasteiger partial charge on any atom is 0.246 e. The van der Waals surface area contributed by atoms with Crippen molar-refractivity contribution in [2.24, 2.45) is 0 Å². The molecule has 6 nitrogen and oxygen atoms in total. The van der Waals surface area contributed by atoms with Crippen LogP contribution in [0.25, 0.3) is 5.69 Å². The number of benzene rings is 1. The Labute approximate surface area is 110 Å². The Morgan fingerprint density at radius 3 is 3.00 bits per heavy atom. The minimum atomic E-state index is -0.0545. The lowest BCUT2D eigenvalue weighted by molar-refractivity contribution is -0.131. The fourth-order valence-corrected chi connectivity index (χ4v) is 2.16. The van der Waals surface area contributed by atoms with Crippen molar-refractivity contribution in [1.29, 1.82) is 0 Å². The smallest absolute Gasteiger partial charge is 0.246 e. The molecule has 2 heterocycles. The number of aromatic nitrogens is 3. The van der Waals surface area contributed by atoms with E-state index in [1.807, 2.05) is 24.3 Å². The second-order valence-electron chi connectivity index (χ2n) is 4.47. The Hall–Kier alpha value is -2.21. The monoisotopic (exact) mass is 258 g/mol. The van der Waals surface area contributed by atoms with Gasteiger partial charge in [0.1, 0.15) is 6.61 Å². The van der Waals surface area contributed by atoms with E-state index in [0.717, 1.165) is 17.7 Å². The number of amides is 1. The van der Waals surface area contributed by atoms with Gasteiger partial charge in [0.15, 0.2) is 0 Å². The first kappa shape index (κ1) is 11.9. The fourth-order valence-electron chi connectivity index (χ4n) is 2.16. The number of ether oxygens (including phenoxy) is 1. The van der Waals surface area contributed by atoms with E-state index >= 15 is 0 Å². The van der Waals surface area contributed by atoms with Gasteiger partial charge in [0, 0.05) is 0 Å². The molecule has 98 valence electrons. The van der Waals surface area contributed by atoms with Gasteiger partial charge in [0.2, 0.25) is 5.91 Å². The first-order chi connectivity index (χ1) is 9.31. The van der Waals surface area contributed by atoms with Crippen molar-refractivity contribution in [2.75, 3.05) is 13.2 Å². The number of morpholine rings is 1. The third-order valence-electron chi connectivity index (χ3n) is 2.96. The standard InChI is InChI=1S/C13H14N4O2/c18-13-9-19-8-11(16-13)6-10-2-1-3-12(7-10)17-14-4-5-15-17/h1-5,7,11H,6,8-9H2,(H,16,18)/t11-/m1/s1. The van der Waals surface area contributed by atoms with Gasteiger partial charge < -0.3 is 10.1 Å². The van der Waals surface area contributed by atoms with E-state index in [0.29, 0.717) is 6.61 Å². The lowest BCUT2D eigenvalue weighted by atomic mass is 10.1. The minimum absolute atomic E-state index is 0.0297. The van der Waals surface area contributed by atoms with Crippen molar-refractivity contribution in [2.45, 2.75) is 12.5 Å². The predicted molar refractivity (Wildman–Crippen MR) is 67.8 cm³/mol. The molecule has 0 radical (unpaired) electrons. The van der Waals surface area contributed by atoms with Gasteiger partial charge in [-0.3, -0.25) is 4.79 Å². The maximum atomic E-state index is 11.3. The van der Waals surface area contributed by atoms with Crippen LogP contribution in [0, 0.1) is 0 Å². The molecule has 0 unspecified atom stereocenters. The predicted octanol–water partition coefficient (Wildman–Crippen LogP) is 0.325. The largest absolute Gasteiger partial charge is 0.369 e. The number of nitrogens with zero attached hydrogens (tertiary/aromatic N) is 3. The lowest BCUT2D eigenvalue weighted by Crippen LogP contribution is -2.46. The van der Waals surface area contributed by atoms with Crippen LogP contribution in [0.5, 0.6) is 0 Å². The van der Waals surface area contributed by atoms with Crippen LogP contribution in [0.2, 0.25) is 0 Å². The first-order valence-corrected chi connectivity index (χ1v) is 6.14. The molecule has 0 saturated carbocycles. The molecule has 19 heavy (non-hydrogen) atoms. The zero-order chi connectivity index (χ0) is 13.1. The molecule has 1 aromatic heterocycles. The summed E-state index contributed by atoms with van der Waals surface area (Å²) in [6.45, 7) is 0.712. The van der Waals surface area contributed by atoms with Crippen molar-refractivity contribution in [1.82, 2.24) is 20.3 Å². The molecule has 1 atom stereocenters. The normalized spacial score (nSPS) is 19.2. The summed E-state index contributed by atoms with van der Waals surface area (Å²) in [4.78, 5) is 12.8. The zero-order valence-electron chi connectivity index (χ0n) is 10.3. The van der Waals surface area contributed by atoms with E-state index in [-0.39, 0.29) is 18.6 Å². The van der Waals surface area contributed by atoms with Crippen LogP contribution in [0.15, 0.2) is 36.7 Å². The molecular weight excluding hydrogens is 244 g/mol. The zero-order valence-corrected chi connectivity index (χ0v) is 10.3. The Bertz CT molecular complexity index is 568. The van der Waals surface area contributed by atoms with Gasteiger partial charge in [-0.15, -0.1) is 0 Å². The third-order valence-corrected chi connectivity index (χ3v) is 2.96. The topological polar surface area (TPSA) is 69.0 Å². The van der Waals surface area contributed by atoms with Crippen molar-refractivity contribution < 1.29 is 9.53 Å². The van der Waals surface area contributed by atoms with E-state index in [1.165, 1.54) is 0 Å². The van der Waals surface area contributed by atoms with E-state index in [9.17, 15) is 4.79 Å². The summed E-state index contributed by atoms with van der Waals surface area (Å²) in [7, 11) is 0. The maximum absolute atomic E-state index is 11.3. The van der Waals surface area contributed by atoms with Crippen molar-refractivity contribution in [3.05, 3.63) is 42.2 Å².